The Morgan fingerprint density at radius 2 is 1.76 bits per heavy atom. The highest BCUT2D eigenvalue weighted by Crippen LogP contribution is 2.31. The Balaban J connectivity index is 1.20. The number of nitrogens with zero attached hydrogens (tertiary/aromatic N) is 3. The molecule has 3 amide bonds. The van der Waals surface area contributed by atoms with E-state index in [-0.39, 0.29) is 17.8 Å². The fourth-order valence-corrected chi connectivity index (χ4v) is 5.52. The molecular formula is C31H29FN4O2. The molecule has 0 bridgehead atoms. The van der Waals surface area contributed by atoms with Crippen LogP contribution in [0.15, 0.2) is 79.0 Å². The second kappa shape index (κ2) is 9.82. The van der Waals surface area contributed by atoms with E-state index in [1.54, 1.807) is 6.07 Å². The quantitative estimate of drug-likeness (QED) is 0.380. The van der Waals surface area contributed by atoms with E-state index >= 15 is 0 Å². The van der Waals surface area contributed by atoms with Gasteiger partial charge in [-0.3, -0.25) is 9.69 Å². The molecule has 6 rings (SSSR count). The van der Waals surface area contributed by atoms with Gasteiger partial charge < -0.3 is 14.8 Å². The van der Waals surface area contributed by atoms with Crippen molar-refractivity contribution in [1.82, 2.24) is 9.88 Å². The molecule has 0 saturated carbocycles. The maximum Gasteiger partial charge on any atom is 0.322 e. The first-order chi connectivity index (χ1) is 18.5. The zero-order valence-corrected chi connectivity index (χ0v) is 21.3. The number of halogens is 1. The predicted molar refractivity (Wildman–Crippen MR) is 146 cm³/mol. The Bertz CT molecular complexity index is 1540. The van der Waals surface area contributed by atoms with Crippen molar-refractivity contribution in [3.63, 3.8) is 0 Å². The highest BCUT2D eigenvalue weighted by molar-refractivity contribution is 6.06. The summed E-state index contributed by atoms with van der Waals surface area (Å²) < 4.78 is 16.7. The number of carbonyl (C=O) groups excluding carboxylic acids is 2. The lowest BCUT2D eigenvalue weighted by Gasteiger charge is -2.30. The number of anilines is 2. The molecule has 1 N–H and O–H groups in total. The van der Waals surface area contributed by atoms with E-state index < -0.39 is 0 Å². The van der Waals surface area contributed by atoms with E-state index in [0.717, 1.165) is 53.0 Å². The van der Waals surface area contributed by atoms with E-state index in [9.17, 15) is 14.0 Å². The smallest absolute Gasteiger partial charge is 0.322 e. The van der Waals surface area contributed by atoms with Crippen molar-refractivity contribution in [3.8, 4) is 0 Å². The van der Waals surface area contributed by atoms with Crippen LogP contribution in [-0.4, -0.2) is 23.1 Å². The number of para-hydroxylation sites is 2. The van der Waals surface area contributed by atoms with Crippen molar-refractivity contribution in [1.29, 1.82) is 0 Å². The van der Waals surface area contributed by atoms with Crippen molar-refractivity contribution >= 4 is 23.3 Å². The number of nitrogens with one attached hydrogen (secondary N) is 1. The third-order valence-corrected chi connectivity index (χ3v) is 7.54. The minimum Gasteiger partial charge on any atom is -0.345 e. The molecule has 4 aromatic rings. The van der Waals surface area contributed by atoms with Gasteiger partial charge in [0.05, 0.1) is 12.2 Å². The number of hydrogen-bond acceptors (Lipinski definition) is 2. The van der Waals surface area contributed by atoms with Crippen LogP contribution in [0.3, 0.4) is 0 Å². The summed E-state index contributed by atoms with van der Waals surface area (Å²) >= 11 is 0. The Kier molecular flexibility index (Phi) is 6.19. The van der Waals surface area contributed by atoms with Crippen LogP contribution >= 0.6 is 0 Å². The van der Waals surface area contributed by atoms with Gasteiger partial charge >= 0.3 is 6.03 Å². The minimum absolute atomic E-state index is 0.0637. The molecule has 192 valence electrons. The number of aryl methyl sites for hydroxylation is 2. The Hall–Kier alpha value is -4.39. The highest BCUT2D eigenvalue weighted by Gasteiger charge is 2.27. The number of carbonyl (C=O) groups is 2. The first-order valence-electron chi connectivity index (χ1n) is 13.0. The number of fused-ring (bicyclic) bond motifs is 3. The van der Waals surface area contributed by atoms with Gasteiger partial charge in [0.25, 0.3) is 5.91 Å². The Morgan fingerprint density at radius 1 is 0.921 bits per heavy atom. The van der Waals surface area contributed by atoms with Crippen LogP contribution in [0.25, 0.3) is 0 Å². The fourth-order valence-electron chi connectivity index (χ4n) is 5.52. The van der Waals surface area contributed by atoms with Crippen molar-refractivity contribution in [2.45, 2.75) is 39.4 Å². The predicted octanol–water partition coefficient (Wildman–Crippen LogP) is 5.81. The molecule has 0 spiro atoms. The minimum atomic E-state index is -0.376. The van der Waals surface area contributed by atoms with E-state index in [0.29, 0.717) is 30.9 Å². The number of urea groups is 1. The Morgan fingerprint density at radius 3 is 2.63 bits per heavy atom. The van der Waals surface area contributed by atoms with Crippen molar-refractivity contribution in [2.75, 3.05) is 16.3 Å². The van der Waals surface area contributed by atoms with Gasteiger partial charge in [-0.05, 0) is 78.4 Å². The van der Waals surface area contributed by atoms with Gasteiger partial charge in [-0.1, -0.05) is 36.4 Å². The highest BCUT2D eigenvalue weighted by atomic mass is 19.1. The normalized spacial score (nSPS) is 14.3. The van der Waals surface area contributed by atoms with Gasteiger partial charge in [0, 0.05) is 42.8 Å². The lowest BCUT2D eigenvalue weighted by atomic mass is 10.0. The topological polar surface area (TPSA) is 57.6 Å². The zero-order chi connectivity index (χ0) is 26.2. The lowest BCUT2D eigenvalue weighted by Crippen LogP contribution is -2.43. The molecule has 0 fully saturated rings. The van der Waals surface area contributed by atoms with Gasteiger partial charge in [0.1, 0.15) is 5.82 Å². The molecule has 1 aromatic heterocycles. The van der Waals surface area contributed by atoms with Crippen molar-refractivity contribution in [3.05, 3.63) is 118 Å². The SMILES string of the molecule is Cc1cc(C(=O)N2Cc3cccn3Cc3ccccc32)ccc1CNC(=O)N1CCCc2cccc(F)c21. The molecule has 2 aliphatic rings. The van der Waals surface area contributed by atoms with Crippen LogP contribution in [0.2, 0.25) is 0 Å². The average molecular weight is 509 g/mol. The van der Waals surface area contributed by atoms with E-state index in [1.807, 2.05) is 66.6 Å². The molecule has 0 atom stereocenters. The van der Waals surface area contributed by atoms with Crippen molar-refractivity contribution < 1.29 is 14.0 Å². The van der Waals surface area contributed by atoms with Gasteiger partial charge in [0.15, 0.2) is 0 Å². The number of aromatic nitrogens is 1. The lowest BCUT2D eigenvalue weighted by molar-refractivity contribution is 0.0984. The van der Waals surface area contributed by atoms with Gasteiger partial charge in [-0.2, -0.15) is 0 Å². The number of hydrogen-bond donors (Lipinski definition) is 1. The number of benzene rings is 3. The van der Waals surface area contributed by atoms with Gasteiger partial charge in [0.2, 0.25) is 0 Å². The third-order valence-electron chi connectivity index (χ3n) is 7.54. The van der Waals surface area contributed by atoms with Gasteiger partial charge in [-0.15, -0.1) is 0 Å². The van der Waals surface area contributed by atoms with Crippen LogP contribution in [0, 0.1) is 12.7 Å². The largest absolute Gasteiger partial charge is 0.345 e. The molecule has 6 nitrogen and oxygen atoms in total. The summed E-state index contributed by atoms with van der Waals surface area (Å²) in [6.07, 6.45) is 3.60. The monoisotopic (exact) mass is 508 g/mol. The molecule has 0 unspecified atom stereocenters. The van der Waals surface area contributed by atoms with Crippen LogP contribution in [-0.2, 0) is 26.1 Å². The number of amides is 3. The fraction of sp³-hybridized carbons (Fsp3) is 0.226. The molecule has 0 radical (unpaired) electrons. The third kappa shape index (κ3) is 4.34. The van der Waals surface area contributed by atoms with Crippen LogP contribution < -0.4 is 15.1 Å². The Labute approximate surface area is 221 Å². The van der Waals surface area contributed by atoms with Crippen molar-refractivity contribution in [2.24, 2.45) is 0 Å². The van der Waals surface area contributed by atoms with Crippen LogP contribution in [0.1, 0.15) is 44.7 Å². The summed E-state index contributed by atoms with van der Waals surface area (Å²) in [6.45, 7) is 3.93. The average Bonchev–Trinajstić information content (AvgIpc) is 3.30. The van der Waals surface area contributed by atoms with E-state index in [2.05, 4.69) is 22.0 Å². The molecule has 3 heterocycles. The summed E-state index contributed by atoms with van der Waals surface area (Å²) in [5.41, 5.74) is 6.75. The molecule has 38 heavy (non-hydrogen) atoms. The van der Waals surface area contributed by atoms with E-state index in [4.69, 9.17) is 0 Å². The molecule has 0 saturated heterocycles. The summed E-state index contributed by atoms with van der Waals surface area (Å²) in [5.74, 6) is -0.440. The summed E-state index contributed by atoms with van der Waals surface area (Å²) in [7, 11) is 0. The van der Waals surface area contributed by atoms with Crippen LogP contribution in [0.4, 0.5) is 20.6 Å². The molecule has 3 aromatic carbocycles. The molecular weight excluding hydrogens is 479 g/mol. The second-order valence-corrected chi connectivity index (χ2v) is 9.95. The van der Waals surface area contributed by atoms with Gasteiger partial charge in [-0.25, -0.2) is 9.18 Å². The van der Waals surface area contributed by atoms with E-state index in [1.165, 1.54) is 11.0 Å². The maximum atomic E-state index is 14.5. The summed E-state index contributed by atoms with van der Waals surface area (Å²) in [5, 5.41) is 2.94. The summed E-state index contributed by atoms with van der Waals surface area (Å²) in [6, 6.07) is 22.3. The summed E-state index contributed by atoms with van der Waals surface area (Å²) in [4.78, 5) is 30.1. The van der Waals surface area contributed by atoms with Crippen LogP contribution in [0.5, 0.6) is 0 Å². The molecule has 0 aliphatic carbocycles. The standard InChI is InChI=1S/C31H29FN4O2/c1-21-17-23(30(37)36-20-26-10-6-15-34(26)19-25-7-2-3-12-28(25)36)13-14-24(21)18-33-31(38)35-16-5-9-22-8-4-11-27(32)29(22)35/h2-4,6-8,10-15,17H,5,9,16,18-20H2,1H3,(H,33,38). The molecule has 7 heteroatoms. The molecule has 2 aliphatic heterocycles. The second-order valence-electron chi connectivity index (χ2n) is 9.95. The zero-order valence-electron chi connectivity index (χ0n) is 21.3. The maximum absolute atomic E-state index is 14.5. The first-order valence-corrected chi connectivity index (χ1v) is 13.0. The first kappa shape index (κ1) is 24.0. The number of rotatable bonds is 3.